The van der Waals surface area contributed by atoms with Crippen LogP contribution in [0.15, 0.2) is 30.5 Å². The molecule has 0 radical (unpaired) electrons. The molecule has 6 heteroatoms. The molecule has 0 saturated heterocycles. The number of hydrogen-bond acceptors (Lipinski definition) is 3. The molecule has 3 rings (SSSR count). The Hall–Kier alpha value is -1.88. The van der Waals surface area contributed by atoms with E-state index >= 15 is 0 Å². The molecule has 0 spiro atoms. The molecule has 1 heterocycles. The van der Waals surface area contributed by atoms with E-state index in [-0.39, 0.29) is 5.91 Å². The number of benzene rings is 1. The first-order valence-corrected chi connectivity index (χ1v) is 6.54. The smallest absolute Gasteiger partial charge is 0.273 e. The van der Waals surface area contributed by atoms with Gasteiger partial charge >= 0.3 is 0 Å². The van der Waals surface area contributed by atoms with Crippen molar-refractivity contribution in [1.29, 1.82) is 0 Å². The average molecular weight is 277 g/mol. The van der Waals surface area contributed by atoms with E-state index in [1.807, 2.05) is 24.3 Å². The number of hydrogen-bond donors (Lipinski definition) is 1. The Balaban J connectivity index is 1.70. The van der Waals surface area contributed by atoms with Gasteiger partial charge in [0.1, 0.15) is 0 Å². The Kier molecular flexibility index (Phi) is 3.21. The molecule has 0 aliphatic heterocycles. The van der Waals surface area contributed by atoms with Crippen molar-refractivity contribution in [1.82, 2.24) is 20.3 Å². The summed E-state index contributed by atoms with van der Waals surface area (Å²) in [6.45, 7) is 0.503. The topological polar surface area (TPSA) is 59.8 Å². The van der Waals surface area contributed by atoms with Crippen LogP contribution in [0.1, 0.15) is 28.9 Å². The second kappa shape index (κ2) is 5.01. The monoisotopic (exact) mass is 276 g/mol. The average Bonchev–Trinajstić information content (AvgIpc) is 3.08. The van der Waals surface area contributed by atoms with E-state index in [9.17, 15) is 4.79 Å². The van der Waals surface area contributed by atoms with Crippen LogP contribution in [0.25, 0.3) is 0 Å². The number of rotatable bonds is 4. The van der Waals surface area contributed by atoms with Crippen LogP contribution in [-0.2, 0) is 6.54 Å². The fraction of sp³-hybridized carbons (Fsp3) is 0.308. The zero-order valence-electron chi connectivity index (χ0n) is 10.2. The minimum atomic E-state index is -0.159. The molecule has 98 valence electrons. The highest BCUT2D eigenvalue weighted by molar-refractivity contribution is 6.31. The Bertz CT molecular complexity index is 606. The summed E-state index contributed by atoms with van der Waals surface area (Å²) in [6.07, 6.45) is 3.75. The second-order valence-electron chi connectivity index (χ2n) is 4.64. The lowest BCUT2D eigenvalue weighted by Gasteiger charge is -2.02. The van der Waals surface area contributed by atoms with Gasteiger partial charge in [-0.25, -0.2) is 4.68 Å². The largest absolute Gasteiger partial charge is 0.348 e. The normalized spacial score (nSPS) is 14.4. The lowest BCUT2D eigenvalue weighted by molar-refractivity contribution is 0.0946. The summed E-state index contributed by atoms with van der Waals surface area (Å²) in [5, 5.41) is 11.4. The molecule has 1 aromatic carbocycles. The summed E-state index contributed by atoms with van der Waals surface area (Å²) in [5.74, 6) is -0.159. The fourth-order valence-corrected chi connectivity index (χ4v) is 1.96. The molecule has 0 unspecified atom stereocenters. The van der Waals surface area contributed by atoms with E-state index < -0.39 is 0 Å². The lowest BCUT2D eigenvalue weighted by atomic mass is 10.2. The molecular weight excluding hydrogens is 264 g/mol. The van der Waals surface area contributed by atoms with Gasteiger partial charge in [-0.2, -0.15) is 0 Å². The van der Waals surface area contributed by atoms with E-state index in [4.69, 9.17) is 11.6 Å². The van der Waals surface area contributed by atoms with E-state index in [1.54, 1.807) is 10.9 Å². The van der Waals surface area contributed by atoms with Crippen LogP contribution in [0.3, 0.4) is 0 Å². The Morgan fingerprint density at radius 2 is 2.21 bits per heavy atom. The molecule has 0 bridgehead atoms. The van der Waals surface area contributed by atoms with Crippen LogP contribution in [0, 0.1) is 0 Å². The van der Waals surface area contributed by atoms with Crippen LogP contribution < -0.4 is 5.32 Å². The van der Waals surface area contributed by atoms with Crippen molar-refractivity contribution >= 4 is 17.5 Å². The van der Waals surface area contributed by atoms with E-state index in [1.165, 1.54) is 0 Å². The maximum atomic E-state index is 11.8. The molecule has 19 heavy (non-hydrogen) atoms. The molecule has 0 atom stereocenters. The number of aromatic nitrogens is 3. The summed E-state index contributed by atoms with van der Waals surface area (Å²) in [5.41, 5.74) is 1.29. The molecule has 1 fully saturated rings. The van der Waals surface area contributed by atoms with Crippen LogP contribution in [0.2, 0.25) is 5.02 Å². The molecule has 1 aliphatic rings. The number of carbonyl (C=O) groups is 1. The first-order chi connectivity index (χ1) is 9.22. The predicted octanol–water partition coefficient (Wildman–Crippen LogP) is 1.87. The third-order valence-electron chi connectivity index (χ3n) is 2.97. The van der Waals surface area contributed by atoms with Gasteiger partial charge in [0.05, 0.1) is 12.7 Å². The van der Waals surface area contributed by atoms with Gasteiger partial charge in [0.2, 0.25) is 0 Å². The highest BCUT2D eigenvalue weighted by Crippen LogP contribution is 2.19. The Labute approximate surface area is 115 Å². The summed E-state index contributed by atoms with van der Waals surface area (Å²) in [6, 6.07) is 7.87. The standard InChI is InChI=1S/C13H13ClN4O/c14-11-4-2-1-3-9(11)7-18-8-12(16-17-18)13(19)15-10-5-6-10/h1-4,8,10H,5-7H2,(H,15,19). The van der Waals surface area contributed by atoms with Crippen LogP contribution >= 0.6 is 11.6 Å². The summed E-state index contributed by atoms with van der Waals surface area (Å²) >= 11 is 6.08. The molecule has 1 aromatic heterocycles. The number of nitrogens with one attached hydrogen (secondary N) is 1. The first kappa shape index (κ1) is 12.2. The molecule has 1 amide bonds. The SMILES string of the molecule is O=C(NC1CC1)c1cn(Cc2ccccc2Cl)nn1. The quantitative estimate of drug-likeness (QED) is 0.927. The molecule has 1 aliphatic carbocycles. The Morgan fingerprint density at radius 1 is 1.42 bits per heavy atom. The van der Waals surface area contributed by atoms with Gasteiger partial charge in [-0.3, -0.25) is 4.79 Å². The van der Waals surface area contributed by atoms with Gasteiger partial charge in [0, 0.05) is 11.1 Å². The van der Waals surface area contributed by atoms with Gasteiger partial charge in [0.25, 0.3) is 5.91 Å². The minimum Gasteiger partial charge on any atom is -0.348 e. The number of amides is 1. The van der Waals surface area contributed by atoms with E-state index in [2.05, 4.69) is 15.6 Å². The molecule has 1 N–H and O–H groups in total. The highest BCUT2D eigenvalue weighted by Gasteiger charge is 2.24. The van der Waals surface area contributed by atoms with Crippen LogP contribution in [0.5, 0.6) is 0 Å². The second-order valence-corrected chi connectivity index (χ2v) is 5.05. The zero-order valence-corrected chi connectivity index (χ0v) is 11.0. The van der Waals surface area contributed by atoms with Crippen LogP contribution in [0.4, 0.5) is 0 Å². The number of halogens is 1. The molecular formula is C13H13ClN4O. The van der Waals surface area contributed by atoms with Gasteiger partial charge < -0.3 is 5.32 Å². The van der Waals surface area contributed by atoms with Gasteiger partial charge in [0.15, 0.2) is 5.69 Å². The predicted molar refractivity (Wildman–Crippen MR) is 71.1 cm³/mol. The van der Waals surface area contributed by atoms with E-state index in [0.717, 1.165) is 18.4 Å². The third-order valence-corrected chi connectivity index (χ3v) is 3.34. The lowest BCUT2D eigenvalue weighted by Crippen LogP contribution is -2.25. The third kappa shape index (κ3) is 2.93. The van der Waals surface area contributed by atoms with E-state index in [0.29, 0.717) is 23.3 Å². The maximum Gasteiger partial charge on any atom is 0.273 e. The molecule has 2 aromatic rings. The highest BCUT2D eigenvalue weighted by atomic mass is 35.5. The van der Waals surface area contributed by atoms with Crippen molar-refractivity contribution in [3.63, 3.8) is 0 Å². The number of carbonyl (C=O) groups excluding carboxylic acids is 1. The van der Waals surface area contributed by atoms with Gasteiger partial charge in [-0.05, 0) is 24.5 Å². The number of nitrogens with zero attached hydrogens (tertiary/aromatic N) is 3. The zero-order chi connectivity index (χ0) is 13.2. The fourth-order valence-electron chi connectivity index (χ4n) is 1.77. The van der Waals surface area contributed by atoms with Crippen LogP contribution in [-0.4, -0.2) is 26.9 Å². The van der Waals surface area contributed by atoms with Gasteiger partial charge in [-0.15, -0.1) is 5.10 Å². The Morgan fingerprint density at radius 3 is 2.95 bits per heavy atom. The summed E-state index contributed by atoms with van der Waals surface area (Å²) < 4.78 is 1.61. The summed E-state index contributed by atoms with van der Waals surface area (Å²) in [7, 11) is 0. The van der Waals surface area contributed by atoms with Crippen molar-refractivity contribution in [3.05, 3.63) is 46.7 Å². The minimum absolute atomic E-state index is 0.159. The molecule has 1 saturated carbocycles. The molecule has 5 nitrogen and oxygen atoms in total. The van der Waals surface area contributed by atoms with Crippen molar-refractivity contribution in [2.24, 2.45) is 0 Å². The maximum absolute atomic E-state index is 11.8. The van der Waals surface area contributed by atoms with Crippen molar-refractivity contribution in [2.75, 3.05) is 0 Å². The first-order valence-electron chi connectivity index (χ1n) is 6.17. The van der Waals surface area contributed by atoms with Crippen molar-refractivity contribution < 1.29 is 4.79 Å². The van der Waals surface area contributed by atoms with Gasteiger partial charge in [-0.1, -0.05) is 35.0 Å². The van der Waals surface area contributed by atoms with Crippen molar-refractivity contribution in [2.45, 2.75) is 25.4 Å². The van der Waals surface area contributed by atoms with Crippen molar-refractivity contribution in [3.8, 4) is 0 Å². The summed E-state index contributed by atoms with van der Waals surface area (Å²) in [4.78, 5) is 11.8.